The van der Waals surface area contributed by atoms with Crippen LogP contribution in [-0.2, 0) is 16.8 Å². The van der Waals surface area contributed by atoms with Gasteiger partial charge in [0.25, 0.3) is 0 Å². The first kappa shape index (κ1) is 38.0. The molecule has 3 fully saturated rings. The predicted octanol–water partition coefficient (Wildman–Crippen LogP) is 7.83. The number of carbonyl (C=O) groups is 1. The highest BCUT2D eigenvalue weighted by Crippen LogP contribution is 2.43. The molecule has 12 heteroatoms. The zero-order valence-corrected chi connectivity index (χ0v) is 32.5. The van der Waals surface area contributed by atoms with Crippen molar-refractivity contribution in [1.29, 1.82) is 5.26 Å². The average molecular weight is 750 g/mol. The average Bonchev–Trinajstić information content (AvgIpc) is 3.12. The van der Waals surface area contributed by atoms with Gasteiger partial charge >= 0.3 is 6.09 Å². The van der Waals surface area contributed by atoms with Crippen molar-refractivity contribution in [2.75, 3.05) is 56.7 Å². The van der Waals surface area contributed by atoms with Crippen molar-refractivity contribution in [3.63, 3.8) is 0 Å². The minimum atomic E-state index is -0.461. The van der Waals surface area contributed by atoms with Crippen molar-refractivity contribution in [2.45, 2.75) is 84.0 Å². The number of hydrogen-bond acceptors (Lipinski definition) is 9. The summed E-state index contributed by atoms with van der Waals surface area (Å²) in [5, 5.41) is 10.1. The molecule has 3 aliphatic rings. The van der Waals surface area contributed by atoms with Crippen molar-refractivity contribution in [1.82, 2.24) is 19.8 Å². The smallest absolute Gasteiger partial charge is 0.410 e. The molecule has 1 spiro atoms. The van der Waals surface area contributed by atoms with Crippen LogP contribution in [0.4, 0.5) is 10.7 Å². The summed E-state index contributed by atoms with van der Waals surface area (Å²) in [6.45, 7) is 16.2. The predicted molar refractivity (Wildman–Crippen MR) is 204 cm³/mol. The summed E-state index contributed by atoms with van der Waals surface area (Å²) in [6, 6.07) is 16.3. The minimum absolute atomic E-state index is 0.193. The van der Waals surface area contributed by atoms with Gasteiger partial charge in [-0.15, -0.1) is 11.6 Å². The van der Waals surface area contributed by atoms with Gasteiger partial charge in [0, 0.05) is 49.2 Å². The molecular weight excluding hydrogens is 699 g/mol. The summed E-state index contributed by atoms with van der Waals surface area (Å²) in [5.41, 5.74) is 2.61. The van der Waals surface area contributed by atoms with Crippen LogP contribution in [-0.4, -0.2) is 89.3 Å². The third kappa shape index (κ3) is 8.70. The van der Waals surface area contributed by atoms with Crippen LogP contribution in [0.5, 0.6) is 11.5 Å². The number of ether oxygens (including phenoxy) is 3. The number of likely N-dealkylation sites (tertiary alicyclic amines) is 2. The molecule has 3 aliphatic heterocycles. The highest BCUT2D eigenvalue weighted by Gasteiger charge is 2.47. The third-order valence-corrected chi connectivity index (χ3v) is 11.1. The number of carbonyl (C=O) groups excluding carboxylic acids is 1. The van der Waals surface area contributed by atoms with Gasteiger partial charge in [0.1, 0.15) is 30.6 Å². The number of hydrogen-bond donors (Lipinski definition) is 0. The van der Waals surface area contributed by atoms with Crippen LogP contribution >= 0.6 is 23.2 Å². The van der Waals surface area contributed by atoms with E-state index in [-0.39, 0.29) is 12.7 Å². The summed E-state index contributed by atoms with van der Waals surface area (Å²) in [4.78, 5) is 28.7. The maximum atomic E-state index is 12.5. The second kappa shape index (κ2) is 15.7. The molecule has 4 heterocycles. The standard InChI is InChI=1S/C40H50Cl2N6O4/c1-38(2,3)52-37(49)47-17-11-32(12-18-47)46-19-13-40(14-20-46)26-48(27-40)36-44-16-10-31(45-36)25-51-33-8-6-29(7-9-33)39(4,5)30-22-28(24-43)35(34(42)23-30)50-21-15-41/h6-10,16,22-23,32H,11-15,17-21,25-27H2,1-5H3. The molecule has 0 saturated carbocycles. The number of rotatable bonds is 10. The summed E-state index contributed by atoms with van der Waals surface area (Å²) in [6.07, 6.45) is 5.98. The van der Waals surface area contributed by atoms with Gasteiger partial charge in [0.2, 0.25) is 5.95 Å². The van der Waals surface area contributed by atoms with Crippen LogP contribution in [0.1, 0.15) is 82.7 Å². The molecule has 52 heavy (non-hydrogen) atoms. The number of amides is 1. The van der Waals surface area contributed by atoms with E-state index in [1.807, 2.05) is 74.3 Å². The van der Waals surface area contributed by atoms with E-state index in [1.165, 1.54) is 12.8 Å². The van der Waals surface area contributed by atoms with Crippen LogP contribution in [0.2, 0.25) is 5.02 Å². The van der Waals surface area contributed by atoms with E-state index < -0.39 is 11.0 Å². The number of piperidine rings is 2. The molecule has 6 rings (SSSR count). The SMILES string of the molecule is CC(C)(C)OC(=O)N1CCC(N2CCC3(CC2)CN(c2nccc(COc4ccc(C(C)(C)c5cc(Cl)c(OCCCl)c(C#N)c5)cc4)n2)C3)CC1. The van der Waals surface area contributed by atoms with Gasteiger partial charge in [-0.05, 0) is 101 Å². The lowest BCUT2D eigenvalue weighted by Crippen LogP contribution is -2.62. The van der Waals surface area contributed by atoms with E-state index in [0.29, 0.717) is 40.3 Å². The second-order valence-electron chi connectivity index (χ2n) is 15.9. The molecule has 2 aromatic carbocycles. The maximum absolute atomic E-state index is 12.5. The molecule has 0 radical (unpaired) electrons. The van der Waals surface area contributed by atoms with E-state index in [1.54, 1.807) is 0 Å². The van der Waals surface area contributed by atoms with E-state index in [4.69, 9.17) is 42.4 Å². The van der Waals surface area contributed by atoms with Crippen molar-refractivity contribution in [2.24, 2.45) is 5.41 Å². The third-order valence-electron chi connectivity index (χ3n) is 10.7. The molecule has 0 bridgehead atoms. The lowest BCUT2D eigenvalue weighted by atomic mass is 9.71. The van der Waals surface area contributed by atoms with Gasteiger partial charge in [0.05, 0.1) is 22.2 Å². The molecule has 10 nitrogen and oxygen atoms in total. The molecule has 0 aliphatic carbocycles. The Morgan fingerprint density at radius 3 is 2.31 bits per heavy atom. The van der Waals surface area contributed by atoms with Crippen LogP contribution in [0.3, 0.4) is 0 Å². The van der Waals surface area contributed by atoms with Crippen molar-refractivity contribution in [3.8, 4) is 17.6 Å². The van der Waals surface area contributed by atoms with E-state index in [9.17, 15) is 10.1 Å². The molecule has 278 valence electrons. The molecule has 0 N–H and O–H groups in total. The quantitative estimate of drug-likeness (QED) is 0.192. The van der Waals surface area contributed by atoms with Crippen LogP contribution in [0.15, 0.2) is 48.7 Å². The van der Waals surface area contributed by atoms with Crippen molar-refractivity contribution >= 4 is 35.2 Å². The topological polar surface area (TPSA) is 104 Å². The lowest BCUT2D eigenvalue weighted by molar-refractivity contribution is 0.00418. The number of alkyl halides is 1. The zero-order chi connectivity index (χ0) is 37.1. The molecule has 3 aromatic rings. The Hall–Kier alpha value is -3.78. The number of anilines is 1. The van der Waals surface area contributed by atoms with Crippen LogP contribution in [0.25, 0.3) is 0 Å². The number of aromatic nitrogens is 2. The Bertz CT molecular complexity index is 1750. The molecule has 1 aromatic heterocycles. The van der Waals surface area contributed by atoms with Gasteiger partial charge in [-0.1, -0.05) is 37.6 Å². The van der Waals surface area contributed by atoms with Gasteiger partial charge in [-0.2, -0.15) is 5.26 Å². The largest absolute Gasteiger partial charge is 0.489 e. The normalized spacial score (nSPS) is 18.1. The molecule has 3 saturated heterocycles. The Morgan fingerprint density at radius 1 is 0.981 bits per heavy atom. The van der Waals surface area contributed by atoms with Crippen LogP contribution in [0, 0.1) is 16.7 Å². The highest BCUT2D eigenvalue weighted by molar-refractivity contribution is 6.32. The van der Waals surface area contributed by atoms with Gasteiger partial charge < -0.3 is 28.9 Å². The first-order chi connectivity index (χ1) is 24.8. The fourth-order valence-corrected chi connectivity index (χ4v) is 7.91. The van der Waals surface area contributed by atoms with E-state index >= 15 is 0 Å². The van der Waals surface area contributed by atoms with Crippen molar-refractivity contribution in [3.05, 3.63) is 76.1 Å². The Kier molecular flexibility index (Phi) is 11.4. The van der Waals surface area contributed by atoms with Crippen molar-refractivity contribution < 1.29 is 19.0 Å². The van der Waals surface area contributed by atoms with Crippen LogP contribution < -0.4 is 14.4 Å². The fraction of sp³-hybridized carbons (Fsp3) is 0.550. The van der Waals surface area contributed by atoms with Gasteiger partial charge in [0.15, 0.2) is 5.75 Å². The molecule has 0 atom stereocenters. The Labute approximate surface area is 318 Å². The summed E-state index contributed by atoms with van der Waals surface area (Å²) >= 11 is 12.3. The zero-order valence-electron chi connectivity index (χ0n) is 31.0. The minimum Gasteiger partial charge on any atom is -0.489 e. The number of halogens is 2. The number of nitriles is 1. The Balaban J connectivity index is 0.976. The fourth-order valence-electron chi connectivity index (χ4n) is 7.56. The molecule has 1 amide bonds. The maximum Gasteiger partial charge on any atom is 0.410 e. The molecular formula is C40H50Cl2N6O4. The Morgan fingerprint density at radius 2 is 1.67 bits per heavy atom. The lowest BCUT2D eigenvalue weighted by Gasteiger charge is -2.55. The first-order valence-corrected chi connectivity index (χ1v) is 19.2. The van der Waals surface area contributed by atoms with E-state index in [0.717, 1.165) is 80.6 Å². The number of nitrogens with zero attached hydrogens (tertiary/aromatic N) is 6. The van der Waals surface area contributed by atoms with Gasteiger partial charge in [-0.3, -0.25) is 0 Å². The number of benzene rings is 2. The molecule has 0 unspecified atom stereocenters. The summed E-state index contributed by atoms with van der Waals surface area (Å²) in [5.74, 6) is 2.17. The second-order valence-corrected chi connectivity index (χ2v) is 16.6. The first-order valence-electron chi connectivity index (χ1n) is 18.2. The summed E-state index contributed by atoms with van der Waals surface area (Å²) < 4.78 is 17.4. The monoisotopic (exact) mass is 748 g/mol. The highest BCUT2D eigenvalue weighted by atomic mass is 35.5. The van der Waals surface area contributed by atoms with E-state index in [2.05, 4.69) is 34.7 Å². The van der Waals surface area contributed by atoms with Gasteiger partial charge in [-0.25, -0.2) is 14.8 Å². The summed E-state index contributed by atoms with van der Waals surface area (Å²) in [7, 11) is 0.